The van der Waals surface area contributed by atoms with Gasteiger partial charge in [0.25, 0.3) is 10.2 Å². The Hall–Kier alpha value is -1.25. The molecule has 0 saturated carbocycles. The van der Waals surface area contributed by atoms with E-state index < -0.39 is 10.2 Å². The van der Waals surface area contributed by atoms with E-state index >= 15 is 0 Å². The van der Waals surface area contributed by atoms with Crippen LogP contribution in [-0.4, -0.2) is 59.5 Å². The molecule has 21 heavy (non-hydrogen) atoms. The van der Waals surface area contributed by atoms with Crippen molar-refractivity contribution in [2.24, 2.45) is 0 Å². The first kappa shape index (κ1) is 14.7. The Kier molecular flexibility index (Phi) is 4.10. The van der Waals surface area contributed by atoms with Gasteiger partial charge < -0.3 is 4.74 Å². The molecule has 8 heteroatoms. The molecule has 2 fully saturated rings. The highest BCUT2D eigenvalue weighted by molar-refractivity contribution is 7.86. The summed E-state index contributed by atoms with van der Waals surface area (Å²) < 4.78 is 33.7. The highest BCUT2D eigenvalue weighted by atomic mass is 32.2. The fourth-order valence-electron chi connectivity index (χ4n) is 2.71. The molecule has 0 bridgehead atoms. The Morgan fingerprint density at radius 1 is 1.14 bits per heavy atom. The molecule has 0 N–H and O–H groups in total. The van der Waals surface area contributed by atoms with E-state index in [1.807, 2.05) is 13.0 Å². The number of ether oxygens (including phenoxy) is 1. The topological polar surface area (TPSA) is 75.6 Å². The van der Waals surface area contributed by atoms with E-state index in [1.165, 1.54) is 4.31 Å². The van der Waals surface area contributed by atoms with Crippen molar-refractivity contribution in [1.29, 1.82) is 0 Å². The van der Waals surface area contributed by atoms with Crippen LogP contribution in [0, 0.1) is 6.92 Å². The Labute approximate surface area is 125 Å². The van der Waals surface area contributed by atoms with E-state index in [9.17, 15) is 8.42 Å². The summed E-state index contributed by atoms with van der Waals surface area (Å²) in [6, 6.07) is 3.59. The second kappa shape index (κ2) is 5.86. The van der Waals surface area contributed by atoms with Crippen LogP contribution < -0.4 is 4.74 Å². The summed E-state index contributed by atoms with van der Waals surface area (Å²) >= 11 is 0. The van der Waals surface area contributed by atoms with Crippen molar-refractivity contribution in [3.8, 4) is 5.88 Å². The second-order valence-corrected chi connectivity index (χ2v) is 7.44. The van der Waals surface area contributed by atoms with Gasteiger partial charge in [0.1, 0.15) is 6.10 Å². The van der Waals surface area contributed by atoms with Crippen molar-refractivity contribution >= 4 is 10.2 Å². The number of aryl methyl sites for hydroxylation is 1. The molecular formula is C13H20N4O3S. The average Bonchev–Trinajstić information content (AvgIpc) is 3.12. The molecule has 2 saturated heterocycles. The fourth-order valence-corrected chi connectivity index (χ4v) is 4.44. The van der Waals surface area contributed by atoms with Gasteiger partial charge in [0.2, 0.25) is 5.88 Å². The van der Waals surface area contributed by atoms with Crippen molar-refractivity contribution in [1.82, 2.24) is 18.8 Å². The largest absolute Gasteiger partial charge is 0.472 e. The van der Waals surface area contributed by atoms with Crippen LogP contribution in [0.4, 0.5) is 0 Å². The van der Waals surface area contributed by atoms with Gasteiger partial charge in [-0.1, -0.05) is 0 Å². The third kappa shape index (κ3) is 3.17. The van der Waals surface area contributed by atoms with Gasteiger partial charge in [-0.15, -0.1) is 5.10 Å². The predicted octanol–water partition coefficient (Wildman–Crippen LogP) is 0.579. The maximum Gasteiger partial charge on any atom is 0.282 e. The SMILES string of the molecule is Cc1ccc(OC2CCN(S(=O)(=O)N3CCCC3)C2)nn1. The van der Waals surface area contributed by atoms with Gasteiger partial charge in [-0.2, -0.15) is 22.1 Å². The zero-order chi connectivity index (χ0) is 14.9. The average molecular weight is 312 g/mol. The number of nitrogens with zero attached hydrogens (tertiary/aromatic N) is 4. The summed E-state index contributed by atoms with van der Waals surface area (Å²) in [5, 5.41) is 7.89. The Balaban J connectivity index is 1.61. The van der Waals surface area contributed by atoms with Crippen LogP contribution >= 0.6 is 0 Å². The molecule has 2 aliphatic heterocycles. The molecule has 3 rings (SSSR count). The lowest BCUT2D eigenvalue weighted by Crippen LogP contribution is -2.41. The minimum Gasteiger partial charge on any atom is -0.472 e. The molecule has 2 aliphatic rings. The van der Waals surface area contributed by atoms with Crippen molar-refractivity contribution < 1.29 is 13.2 Å². The van der Waals surface area contributed by atoms with E-state index in [0.717, 1.165) is 18.5 Å². The van der Waals surface area contributed by atoms with Crippen molar-refractivity contribution in [2.75, 3.05) is 26.2 Å². The quantitative estimate of drug-likeness (QED) is 0.813. The first-order valence-electron chi connectivity index (χ1n) is 7.28. The third-order valence-corrected chi connectivity index (χ3v) is 5.89. The maximum absolute atomic E-state index is 12.4. The van der Waals surface area contributed by atoms with Gasteiger partial charge in [-0.05, 0) is 32.3 Å². The number of aromatic nitrogens is 2. The normalized spacial score (nSPS) is 24.5. The Morgan fingerprint density at radius 2 is 1.90 bits per heavy atom. The predicted molar refractivity (Wildman–Crippen MR) is 77.1 cm³/mol. The lowest BCUT2D eigenvalue weighted by Gasteiger charge is -2.23. The molecule has 7 nitrogen and oxygen atoms in total. The minimum absolute atomic E-state index is 0.153. The molecule has 0 amide bonds. The standard InChI is InChI=1S/C13H20N4O3S/c1-11-4-5-13(15-14-11)20-12-6-9-17(10-12)21(18,19)16-7-2-3-8-16/h4-5,12H,2-3,6-10H2,1H3. The monoisotopic (exact) mass is 312 g/mol. The van der Waals surface area contributed by atoms with Crippen molar-refractivity contribution in [3.63, 3.8) is 0 Å². The molecule has 0 radical (unpaired) electrons. The lowest BCUT2D eigenvalue weighted by molar-refractivity contribution is 0.203. The maximum atomic E-state index is 12.4. The van der Waals surface area contributed by atoms with Gasteiger partial charge in [0.15, 0.2) is 0 Å². The zero-order valence-electron chi connectivity index (χ0n) is 12.1. The summed E-state index contributed by atoms with van der Waals surface area (Å²) in [6.07, 6.45) is 2.43. The fraction of sp³-hybridized carbons (Fsp3) is 0.692. The van der Waals surface area contributed by atoms with Crippen LogP contribution in [0.3, 0.4) is 0 Å². The molecular weight excluding hydrogens is 292 g/mol. The van der Waals surface area contributed by atoms with Gasteiger partial charge in [-0.25, -0.2) is 0 Å². The van der Waals surface area contributed by atoms with E-state index in [-0.39, 0.29) is 6.10 Å². The van der Waals surface area contributed by atoms with Crippen LogP contribution in [0.2, 0.25) is 0 Å². The van der Waals surface area contributed by atoms with E-state index in [1.54, 1.807) is 10.4 Å². The summed E-state index contributed by atoms with van der Waals surface area (Å²) in [4.78, 5) is 0. The smallest absolute Gasteiger partial charge is 0.282 e. The lowest BCUT2D eigenvalue weighted by atomic mass is 10.3. The summed E-state index contributed by atoms with van der Waals surface area (Å²) in [6.45, 7) is 4.01. The van der Waals surface area contributed by atoms with Crippen LogP contribution in [0.15, 0.2) is 12.1 Å². The van der Waals surface area contributed by atoms with Crippen molar-refractivity contribution in [2.45, 2.75) is 32.3 Å². The van der Waals surface area contributed by atoms with Gasteiger partial charge in [-0.3, -0.25) is 0 Å². The van der Waals surface area contributed by atoms with Crippen LogP contribution in [0.1, 0.15) is 25.0 Å². The first-order chi connectivity index (χ1) is 10.1. The summed E-state index contributed by atoms with van der Waals surface area (Å²) in [5.41, 5.74) is 0.826. The summed E-state index contributed by atoms with van der Waals surface area (Å²) in [7, 11) is -3.32. The van der Waals surface area contributed by atoms with Crippen LogP contribution in [0.25, 0.3) is 0 Å². The molecule has 3 heterocycles. The van der Waals surface area contributed by atoms with E-state index in [0.29, 0.717) is 38.5 Å². The summed E-state index contributed by atoms with van der Waals surface area (Å²) in [5.74, 6) is 0.450. The Morgan fingerprint density at radius 3 is 2.57 bits per heavy atom. The minimum atomic E-state index is -3.32. The highest BCUT2D eigenvalue weighted by Gasteiger charge is 2.37. The number of hydrogen-bond acceptors (Lipinski definition) is 5. The molecule has 0 aliphatic carbocycles. The molecule has 1 unspecified atom stereocenters. The molecule has 0 spiro atoms. The molecule has 116 valence electrons. The first-order valence-corrected chi connectivity index (χ1v) is 8.67. The van der Waals surface area contributed by atoms with Crippen molar-refractivity contribution in [3.05, 3.63) is 17.8 Å². The molecule has 1 aromatic heterocycles. The molecule has 1 aromatic rings. The van der Waals surface area contributed by atoms with Gasteiger partial charge >= 0.3 is 0 Å². The van der Waals surface area contributed by atoms with Gasteiger partial charge in [0.05, 0.1) is 12.2 Å². The molecule has 1 atom stereocenters. The number of rotatable bonds is 4. The van der Waals surface area contributed by atoms with Crippen LogP contribution in [-0.2, 0) is 10.2 Å². The zero-order valence-corrected chi connectivity index (χ0v) is 12.9. The number of hydrogen-bond donors (Lipinski definition) is 0. The third-order valence-electron chi connectivity index (χ3n) is 3.89. The van der Waals surface area contributed by atoms with Gasteiger partial charge in [0, 0.05) is 25.7 Å². The van der Waals surface area contributed by atoms with E-state index in [4.69, 9.17) is 4.74 Å². The Bertz CT molecular complexity index is 584. The molecule has 0 aromatic carbocycles. The highest BCUT2D eigenvalue weighted by Crippen LogP contribution is 2.23. The second-order valence-electron chi connectivity index (χ2n) is 5.51. The van der Waals surface area contributed by atoms with E-state index in [2.05, 4.69) is 10.2 Å². The van der Waals surface area contributed by atoms with Crippen LogP contribution in [0.5, 0.6) is 5.88 Å².